The van der Waals surface area contributed by atoms with Gasteiger partial charge in [-0.15, -0.1) is 0 Å². The summed E-state index contributed by atoms with van der Waals surface area (Å²) in [5, 5.41) is 9.69. The van der Waals surface area contributed by atoms with E-state index in [0.717, 1.165) is 72.3 Å². The molecule has 3 heteroatoms. The molecule has 0 aliphatic carbocycles. The fraction of sp³-hybridized carbons (Fsp3) is 0. The second-order valence-corrected chi connectivity index (χ2v) is 14.2. The van der Waals surface area contributed by atoms with Gasteiger partial charge in [-0.3, -0.25) is 4.98 Å². The van der Waals surface area contributed by atoms with Crippen molar-refractivity contribution in [3.05, 3.63) is 194 Å². The molecular weight excluding hydrogens is 669 g/mol. The molecule has 0 bridgehead atoms. The molecule has 0 amide bonds. The van der Waals surface area contributed by atoms with Crippen molar-refractivity contribution in [3.8, 4) is 55.9 Å². The second-order valence-electron chi connectivity index (χ2n) is 14.2. The highest BCUT2D eigenvalue weighted by molar-refractivity contribution is 6.28. The van der Waals surface area contributed by atoms with Crippen molar-refractivity contribution in [2.75, 3.05) is 0 Å². The van der Waals surface area contributed by atoms with Crippen molar-refractivity contribution in [1.82, 2.24) is 9.97 Å². The van der Waals surface area contributed by atoms with Gasteiger partial charge < -0.3 is 4.42 Å². The average molecular weight is 701 g/mol. The van der Waals surface area contributed by atoms with Crippen LogP contribution in [0.25, 0.3) is 110 Å². The third-order valence-electron chi connectivity index (χ3n) is 11.0. The number of aromatic nitrogens is 2. The van der Waals surface area contributed by atoms with Gasteiger partial charge in [0, 0.05) is 34.3 Å². The van der Waals surface area contributed by atoms with Crippen LogP contribution in [-0.4, -0.2) is 9.97 Å². The Labute approximate surface area is 317 Å². The molecule has 0 atom stereocenters. The Balaban J connectivity index is 1.00. The molecule has 0 saturated carbocycles. The van der Waals surface area contributed by atoms with Crippen LogP contribution in [0.2, 0.25) is 0 Å². The van der Waals surface area contributed by atoms with Crippen LogP contribution in [0, 0.1) is 0 Å². The summed E-state index contributed by atoms with van der Waals surface area (Å²) < 4.78 is 6.31. The van der Waals surface area contributed by atoms with Crippen molar-refractivity contribution in [1.29, 1.82) is 0 Å². The van der Waals surface area contributed by atoms with E-state index in [0.29, 0.717) is 0 Å². The number of fused-ring (bicyclic) bond motifs is 9. The van der Waals surface area contributed by atoms with E-state index in [2.05, 4.69) is 169 Å². The van der Waals surface area contributed by atoms with Crippen molar-refractivity contribution in [3.63, 3.8) is 0 Å². The number of benzene rings is 8. The molecule has 11 aromatic rings. The molecule has 0 aliphatic rings. The third-order valence-corrected chi connectivity index (χ3v) is 11.0. The predicted molar refractivity (Wildman–Crippen MR) is 229 cm³/mol. The highest BCUT2D eigenvalue weighted by atomic mass is 16.3. The van der Waals surface area contributed by atoms with E-state index >= 15 is 0 Å². The molecule has 8 aromatic carbocycles. The number of nitrogens with zero attached hydrogens (tertiary/aromatic N) is 2. The number of pyridine rings is 2. The molecule has 11 rings (SSSR count). The average Bonchev–Trinajstić information content (AvgIpc) is 3.64. The van der Waals surface area contributed by atoms with Crippen LogP contribution in [0.1, 0.15) is 0 Å². The van der Waals surface area contributed by atoms with Gasteiger partial charge in [0.2, 0.25) is 0 Å². The van der Waals surface area contributed by atoms with E-state index in [-0.39, 0.29) is 0 Å². The van der Waals surface area contributed by atoms with E-state index in [1.165, 1.54) is 37.9 Å². The van der Waals surface area contributed by atoms with Gasteiger partial charge in [-0.05, 0) is 108 Å². The summed E-state index contributed by atoms with van der Waals surface area (Å²) >= 11 is 0. The minimum atomic E-state index is 0.917. The Morgan fingerprint density at radius 1 is 0.291 bits per heavy atom. The van der Waals surface area contributed by atoms with E-state index in [9.17, 15) is 0 Å². The Bertz CT molecular complexity index is 3220. The zero-order valence-electron chi connectivity index (χ0n) is 29.8. The third kappa shape index (κ3) is 5.36. The van der Waals surface area contributed by atoms with E-state index in [1.807, 2.05) is 24.4 Å². The minimum absolute atomic E-state index is 0.917. The minimum Gasteiger partial charge on any atom is -0.456 e. The fourth-order valence-electron chi connectivity index (χ4n) is 8.18. The molecule has 0 spiro atoms. The van der Waals surface area contributed by atoms with E-state index in [4.69, 9.17) is 9.40 Å². The summed E-state index contributed by atoms with van der Waals surface area (Å²) in [6.45, 7) is 0. The molecule has 3 heterocycles. The number of hydrogen-bond acceptors (Lipinski definition) is 3. The molecule has 256 valence electrons. The molecule has 0 N–H and O–H groups in total. The molecule has 0 aliphatic heterocycles. The van der Waals surface area contributed by atoms with Gasteiger partial charge in [-0.25, -0.2) is 4.98 Å². The van der Waals surface area contributed by atoms with Crippen LogP contribution in [0.3, 0.4) is 0 Å². The van der Waals surface area contributed by atoms with Gasteiger partial charge in [-0.2, -0.15) is 0 Å². The van der Waals surface area contributed by atoms with Crippen LogP contribution in [0.5, 0.6) is 0 Å². The molecule has 3 aromatic heterocycles. The largest absolute Gasteiger partial charge is 0.456 e. The number of rotatable bonds is 5. The summed E-state index contributed by atoms with van der Waals surface area (Å²) in [5.74, 6) is 0. The summed E-state index contributed by atoms with van der Waals surface area (Å²) in [5.41, 5.74) is 12.7. The summed E-state index contributed by atoms with van der Waals surface area (Å²) in [6.07, 6.45) is 3.70. The normalized spacial score (nSPS) is 11.6. The van der Waals surface area contributed by atoms with Gasteiger partial charge in [0.05, 0.1) is 11.4 Å². The van der Waals surface area contributed by atoms with Crippen LogP contribution >= 0.6 is 0 Å². The van der Waals surface area contributed by atoms with Crippen LogP contribution in [-0.2, 0) is 0 Å². The van der Waals surface area contributed by atoms with Crippen molar-refractivity contribution < 1.29 is 4.42 Å². The van der Waals surface area contributed by atoms with Crippen LogP contribution in [0.4, 0.5) is 0 Å². The van der Waals surface area contributed by atoms with Gasteiger partial charge >= 0.3 is 0 Å². The molecular formula is C52H32N2O. The van der Waals surface area contributed by atoms with Crippen molar-refractivity contribution >= 4 is 54.3 Å². The summed E-state index contributed by atoms with van der Waals surface area (Å²) in [7, 11) is 0. The lowest BCUT2D eigenvalue weighted by Gasteiger charge is -2.13. The maximum Gasteiger partial charge on any atom is 0.136 e. The fourth-order valence-corrected chi connectivity index (χ4v) is 8.18. The zero-order valence-corrected chi connectivity index (χ0v) is 29.8. The first kappa shape index (κ1) is 31.2. The number of para-hydroxylation sites is 1. The van der Waals surface area contributed by atoms with Gasteiger partial charge in [0.15, 0.2) is 0 Å². The monoisotopic (exact) mass is 700 g/mol. The Morgan fingerprint density at radius 3 is 1.51 bits per heavy atom. The number of hydrogen-bond donors (Lipinski definition) is 0. The number of furan rings is 1. The molecule has 0 saturated heterocycles. The van der Waals surface area contributed by atoms with Gasteiger partial charge in [-0.1, -0.05) is 140 Å². The van der Waals surface area contributed by atoms with Gasteiger partial charge in [0.25, 0.3) is 0 Å². The quantitative estimate of drug-likeness (QED) is 0.168. The van der Waals surface area contributed by atoms with Crippen LogP contribution < -0.4 is 0 Å². The predicted octanol–water partition coefficient (Wildman–Crippen LogP) is 14.2. The second kappa shape index (κ2) is 12.6. The molecule has 0 radical (unpaired) electrons. The first-order valence-electron chi connectivity index (χ1n) is 18.6. The summed E-state index contributed by atoms with van der Waals surface area (Å²) in [4.78, 5) is 9.52. The van der Waals surface area contributed by atoms with Crippen LogP contribution in [0.15, 0.2) is 199 Å². The Hall–Kier alpha value is -7.36. The first-order chi connectivity index (χ1) is 27.2. The first-order valence-corrected chi connectivity index (χ1v) is 18.6. The van der Waals surface area contributed by atoms with Gasteiger partial charge in [0.1, 0.15) is 11.2 Å². The lowest BCUT2D eigenvalue weighted by atomic mass is 9.91. The molecule has 3 nitrogen and oxygen atoms in total. The Kier molecular flexibility index (Phi) is 7.17. The maximum atomic E-state index is 6.31. The van der Waals surface area contributed by atoms with E-state index < -0.39 is 0 Å². The van der Waals surface area contributed by atoms with Crippen molar-refractivity contribution in [2.24, 2.45) is 0 Å². The zero-order chi connectivity index (χ0) is 36.3. The summed E-state index contributed by atoms with van der Waals surface area (Å²) in [6, 6.07) is 64.9. The highest BCUT2D eigenvalue weighted by Crippen LogP contribution is 2.41. The smallest absolute Gasteiger partial charge is 0.136 e. The maximum absolute atomic E-state index is 6.31. The Morgan fingerprint density at radius 2 is 0.818 bits per heavy atom. The van der Waals surface area contributed by atoms with Crippen molar-refractivity contribution in [2.45, 2.75) is 0 Å². The lowest BCUT2D eigenvalue weighted by Crippen LogP contribution is -1.92. The molecule has 0 unspecified atom stereocenters. The highest BCUT2D eigenvalue weighted by Gasteiger charge is 2.15. The SMILES string of the molecule is c1ccc(-c2cc(-c3ccc(-c4cccnc4)cc3)nc(-c3ccc(-c4ccc5c(c4)c4ccccc4c4cc6oc7ccccc7c6cc54)cc3)c2)cc1. The molecule has 55 heavy (non-hydrogen) atoms. The lowest BCUT2D eigenvalue weighted by molar-refractivity contribution is 0.669. The molecule has 0 fully saturated rings. The topological polar surface area (TPSA) is 38.9 Å². The standard InChI is InChI=1S/C52H32N2O/c1-2-9-33(10-3-1)40-28-49(54-50(29-40)37-22-18-35(19-23-37)39-11-8-26-53-32-39)36-20-16-34(17-21-36)38-24-25-43-45(27-38)41-12-4-5-13-42(41)47-31-52-48(30-46(43)47)44-14-6-7-15-51(44)55-52/h1-32H. The van der Waals surface area contributed by atoms with E-state index in [1.54, 1.807) is 6.20 Å².